The van der Waals surface area contributed by atoms with Crippen LogP contribution in [0.25, 0.3) is 0 Å². The van der Waals surface area contributed by atoms with Crippen LogP contribution in [-0.4, -0.2) is 19.6 Å². The first-order valence-corrected chi connectivity index (χ1v) is 5.92. The van der Waals surface area contributed by atoms with Crippen molar-refractivity contribution in [2.24, 2.45) is 5.73 Å². The second-order valence-electron chi connectivity index (χ2n) is 4.16. The van der Waals surface area contributed by atoms with Crippen LogP contribution in [0.15, 0.2) is 18.2 Å². The minimum atomic E-state index is 0.748. The summed E-state index contributed by atoms with van der Waals surface area (Å²) in [7, 11) is 0. The molecule has 1 aliphatic rings. The van der Waals surface area contributed by atoms with Gasteiger partial charge < -0.3 is 10.6 Å². The van der Waals surface area contributed by atoms with Crippen molar-refractivity contribution in [3.8, 4) is 0 Å². The molecule has 1 aliphatic heterocycles. The largest absolute Gasteiger partial charge is 0.370 e. The van der Waals surface area contributed by atoms with Gasteiger partial charge in [0.15, 0.2) is 0 Å². The zero-order valence-electron chi connectivity index (χ0n) is 9.50. The minimum absolute atomic E-state index is 0.748. The van der Waals surface area contributed by atoms with Crippen LogP contribution in [0.1, 0.15) is 24.5 Å². The summed E-state index contributed by atoms with van der Waals surface area (Å²) >= 11 is 0. The molecule has 82 valence electrons. The third-order valence-corrected chi connectivity index (χ3v) is 3.17. The van der Waals surface area contributed by atoms with E-state index in [-0.39, 0.29) is 0 Å². The zero-order chi connectivity index (χ0) is 10.7. The lowest BCUT2D eigenvalue weighted by Gasteiger charge is -2.33. The highest BCUT2D eigenvalue weighted by Crippen LogP contribution is 2.30. The molecule has 0 saturated carbocycles. The molecule has 2 rings (SSSR count). The molecule has 0 atom stereocenters. The molecular formula is C13H20N2. The Kier molecular flexibility index (Phi) is 3.27. The fraction of sp³-hybridized carbons (Fsp3) is 0.538. The third-order valence-electron chi connectivity index (χ3n) is 3.17. The van der Waals surface area contributed by atoms with Crippen LogP contribution >= 0.6 is 0 Å². The van der Waals surface area contributed by atoms with Gasteiger partial charge in [-0.25, -0.2) is 0 Å². The fourth-order valence-electron chi connectivity index (χ4n) is 2.49. The highest BCUT2D eigenvalue weighted by atomic mass is 15.1. The van der Waals surface area contributed by atoms with Crippen LogP contribution in [-0.2, 0) is 12.8 Å². The van der Waals surface area contributed by atoms with Crippen molar-refractivity contribution in [2.75, 3.05) is 24.5 Å². The Labute approximate surface area is 92.1 Å². The average molecular weight is 204 g/mol. The number of nitrogens with two attached hydrogens (primary N) is 1. The molecule has 1 heterocycles. The van der Waals surface area contributed by atoms with Gasteiger partial charge in [-0.05, 0) is 30.4 Å². The summed E-state index contributed by atoms with van der Waals surface area (Å²) in [4.78, 5) is 2.46. The average Bonchev–Trinajstić information content (AvgIpc) is 2.29. The van der Waals surface area contributed by atoms with Gasteiger partial charge in [0.2, 0.25) is 0 Å². The molecule has 1 aromatic rings. The maximum atomic E-state index is 5.67. The quantitative estimate of drug-likeness (QED) is 0.815. The molecule has 0 unspecified atom stereocenters. The van der Waals surface area contributed by atoms with E-state index < -0.39 is 0 Å². The second kappa shape index (κ2) is 4.67. The van der Waals surface area contributed by atoms with Gasteiger partial charge in [-0.1, -0.05) is 25.1 Å². The summed E-state index contributed by atoms with van der Waals surface area (Å²) < 4.78 is 0. The molecule has 0 bridgehead atoms. The Balaban J connectivity index is 2.38. The van der Waals surface area contributed by atoms with Crippen LogP contribution < -0.4 is 10.6 Å². The van der Waals surface area contributed by atoms with Gasteiger partial charge >= 0.3 is 0 Å². The van der Waals surface area contributed by atoms with E-state index in [1.54, 1.807) is 0 Å². The van der Waals surface area contributed by atoms with Crippen molar-refractivity contribution in [1.82, 2.24) is 0 Å². The lowest BCUT2D eigenvalue weighted by atomic mass is 9.96. The number of fused-ring (bicyclic) bond motifs is 1. The van der Waals surface area contributed by atoms with E-state index >= 15 is 0 Å². The van der Waals surface area contributed by atoms with Crippen LogP contribution in [0.4, 0.5) is 5.69 Å². The normalized spacial score (nSPS) is 15.2. The first kappa shape index (κ1) is 10.5. The first-order chi connectivity index (χ1) is 7.36. The lowest BCUT2D eigenvalue weighted by Crippen LogP contribution is -2.34. The summed E-state index contributed by atoms with van der Waals surface area (Å²) in [5.74, 6) is 0. The maximum absolute atomic E-state index is 5.67. The molecule has 15 heavy (non-hydrogen) atoms. The minimum Gasteiger partial charge on any atom is -0.370 e. The first-order valence-electron chi connectivity index (χ1n) is 5.92. The summed E-state index contributed by atoms with van der Waals surface area (Å²) in [5, 5.41) is 0. The molecule has 2 heteroatoms. The van der Waals surface area contributed by atoms with E-state index in [2.05, 4.69) is 30.0 Å². The molecule has 0 fully saturated rings. The van der Waals surface area contributed by atoms with Gasteiger partial charge in [0.05, 0.1) is 0 Å². The van der Waals surface area contributed by atoms with E-state index in [1.165, 1.54) is 36.2 Å². The van der Waals surface area contributed by atoms with E-state index in [0.29, 0.717) is 0 Å². The van der Waals surface area contributed by atoms with E-state index in [9.17, 15) is 0 Å². The second-order valence-corrected chi connectivity index (χ2v) is 4.16. The van der Waals surface area contributed by atoms with Crippen LogP contribution in [0, 0.1) is 0 Å². The number of hydrogen-bond donors (Lipinski definition) is 1. The summed E-state index contributed by atoms with van der Waals surface area (Å²) in [5.41, 5.74) is 10.1. The third kappa shape index (κ3) is 2.00. The molecule has 1 aromatic carbocycles. The summed E-state index contributed by atoms with van der Waals surface area (Å²) in [6.45, 7) is 5.13. The maximum Gasteiger partial charge on any atom is 0.0431 e. The summed E-state index contributed by atoms with van der Waals surface area (Å²) in [6.07, 6.45) is 3.61. The predicted octanol–water partition coefficient (Wildman–Crippen LogP) is 1.96. The molecule has 0 saturated heterocycles. The zero-order valence-corrected chi connectivity index (χ0v) is 9.50. The van der Waals surface area contributed by atoms with Gasteiger partial charge in [0.1, 0.15) is 0 Å². The van der Waals surface area contributed by atoms with Gasteiger partial charge in [0.25, 0.3) is 0 Å². The Morgan fingerprint density at radius 3 is 3.00 bits per heavy atom. The Morgan fingerprint density at radius 2 is 2.27 bits per heavy atom. The summed E-state index contributed by atoms with van der Waals surface area (Å²) in [6, 6.07) is 6.69. The van der Waals surface area contributed by atoms with Crippen molar-refractivity contribution < 1.29 is 0 Å². The number of benzene rings is 1. The Hall–Kier alpha value is -1.02. The van der Waals surface area contributed by atoms with Crippen molar-refractivity contribution in [1.29, 1.82) is 0 Å². The van der Waals surface area contributed by atoms with Crippen molar-refractivity contribution in [2.45, 2.75) is 26.2 Å². The molecule has 2 nitrogen and oxygen atoms in total. The van der Waals surface area contributed by atoms with Gasteiger partial charge in [-0.15, -0.1) is 0 Å². The van der Waals surface area contributed by atoms with E-state index in [1.807, 2.05) is 0 Å². The van der Waals surface area contributed by atoms with Crippen LogP contribution in [0.3, 0.4) is 0 Å². The molecule has 0 amide bonds. The topological polar surface area (TPSA) is 29.3 Å². The number of hydrogen-bond acceptors (Lipinski definition) is 2. The van der Waals surface area contributed by atoms with Crippen molar-refractivity contribution >= 4 is 5.69 Å². The Morgan fingerprint density at radius 1 is 1.40 bits per heavy atom. The van der Waals surface area contributed by atoms with Crippen molar-refractivity contribution in [3.63, 3.8) is 0 Å². The van der Waals surface area contributed by atoms with Gasteiger partial charge in [-0.2, -0.15) is 0 Å². The van der Waals surface area contributed by atoms with Gasteiger partial charge in [-0.3, -0.25) is 0 Å². The standard InChI is InChI=1S/C13H20N2/c1-2-11-5-3-6-12-7-4-9-15(10-8-14)13(11)12/h3,5-6H,2,4,7-10,14H2,1H3. The van der Waals surface area contributed by atoms with E-state index in [4.69, 9.17) is 5.73 Å². The predicted molar refractivity (Wildman–Crippen MR) is 65.4 cm³/mol. The Bertz CT molecular complexity index is 319. The van der Waals surface area contributed by atoms with E-state index in [0.717, 1.165) is 19.5 Å². The number of anilines is 1. The number of para-hydroxylation sites is 1. The number of rotatable bonds is 3. The molecule has 0 spiro atoms. The monoisotopic (exact) mass is 204 g/mol. The SMILES string of the molecule is CCc1cccc2c1N(CCN)CCC2. The van der Waals surface area contributed by atoms with Crippen LogP contribution in [0.5, 0.6) is 0 Å². The highest BCUT2D eigenvalue weighted by Gasteiger charge is 2.18. The van der Waals surface area contributed by atoms with Gasteiger partial charge in [0, 0.05) is 25.3 Å². The molecule has 0 aromatic heterocycles. The number of aryl methyl sites for hydroxylation is 2. The number of nitrogens with zero attached hydrogens (tertiary/aromatic N) is 1. The van der Waals surface area contributed by atoms with Crippen molar-refractivity contribution in [3.05, 3.63) is 29.3 Å². The molecule has 0 aliphatic carbocycles. The molecule has 0 radical (unpaired) electrons. The highest BCUT2D eigenvalue weighted by molar-refractivity contribution is 5.61. The van der Waals surface area contributed by atoms with Crippen LogP contribution in [0.2, 0.25) is 0 Å². The smallest absolute Gasteiger partial charge is 0.0431 e. The lowest BCUT2D eigenvalue weighted by molar-refractivity contribution is 0.687. The fourth-order valence-corrected chi connectivity index (χ4v) is 2.49. The molecular weight excluding hydrogens is 184 g/mol. The molecule has 2 N–H and O–H groups in total.